The van der Waals surface area contributed by atoms with Crippen LogP contribution >= 0.6 is 0 Å². The fraction of sp³-hybridized carbons (Fsp3) is 0.500. The van der Waals surface area contributed by atoms with Crippen LogP contribution in [0.1, 0.15) is 38.2 Å². The maximum absolute atomic E-state index is 12.2. The Morgan fingerprint density at radius 1 is 1.28 bits per heavy atom. The molecule has 2 heterocycles. The molecule has 3 rings (SSSR count). The molecule has 1 atom stereocenters. The first-order valence-corrected chi connectivity index (χ1v) is 8.42. The Morgan fingerprint density at radius 2 is 2.08 bits per heavy atom. The minimum absolute atomic E-state index is 0.114. The van der Waals surface area contributed by atoms with E-state index in [0.717, 1.165) is 17.4 Å². The van der Waals surface area contributed by atoms with E-state index in [1.807, 2.05) is 25.1 Å². The van der Waals surface area contributed by atoms with Crippen LogP contribution in [0, 0.1) is 0 Å². The molecule has 1 saturated heterocycles. The molecule has 2 aromatic rings. The topological polar surface area (TPSA) is 42.7 Å². The molecule has 1 aliphatic rings. The number of fused-ring (bicyclic) bond motifs is 1. The zero-order valence-corrected chi connectivity index (χ0v) is 13.9. The van der Waals surface area contributed by atoms with Crippen molar-refractivity contribution >= 4 is 22.7 Å². The lowest BCUT2D eigenvalue weighted by Crippen LogP contribution is -2.23. The van der Waals surface area contributed by atoms with Gasteiger partial charge in [-0.25, -0.2) is 4.79 Å². The van der Waals surface area contributed by atoms with Crippen molar-refractivity contribution in [3.05, 3.63) is 30.0 Å². The van der Waals surface area contributed by atoms with E-state index in [1.165, 1.54) is 6.26 Å². The number of carbonyl (C=O) groups is 1. The second kappa shape index (κ2) is 6.98. The molecule has 0 N–H and O–H groups in total. The summed E-state index contributed by atoms with van der Waals surface area (Å²) in [7, 11) is 0. The number of halogens is 3. The Hall–Kier alpha value is -2.18. The lowest BCUT2D eigenvalue weighted by atomic mass is 10.1. The van der Waals surface area contributed by atoms with Gasteiger partial charge in [0.25, 0.3) is 0 Å². The second-order valence-corrected chi connectivity index (χ2v) is 6.30. The van der Waals surface area contributed by atoms with E-state index in [-0.39, 0.29) is 18.6 Å². The van der Waals surface area contributed by atoms with Gasteiger partial charge in [0.1, 0.15) is 18.0 Å². The third kappa shape index (κ3) is 4.08. The molecule has 1 aliphatic heterocycles. The molecule has 0 bridgehead atoms. The third-order valence-electron chi connectivity index (χ3n) is 4.42. The number of benzene rings is 1. The van der Waals surface area contributed by atoms with Crippen molar-refractivity contribution in [2.24, 2.45) is 0 Å². The van der Waals surface area contributed by atoms with Crippen LogP contribution in [-0.4, -0.2) is 24.9 Å². The molecule has 0 radical (unpaired) electrons. The summed E-state index contributed by atoms with van der Waals surface area (Å²) in [5, 5.41) is 0.799. The molecule has 0 aliphatic carbocycles. The average Bonchev–Trinajstić information content (AvgIpc) is 3.13. The lowest BCUT2D eigenvalue weighted by Gasteiger charge is -2.10. The highest BCUT2D eigenvalue weighted by molar-refractivity contribution is 6.01. The zero-order chi connectivity index (χ0) is 18.0. The first kappa shape index (κ1) is 17.6. The summed E-state index contributed by atoms with van der Waals surface area (Å²) in [5.74, 6) is 0. The Labute approximate surface area is 143 Å². The highest BCUT2D eigenvalue weighted by atomic mass is 19.4. The maximum atomic E-state index is 12.2. The smallest absolute Gasteiger partial charge is 0.414 e. The van der Waals surface area contributed by atoms with Gasteiger partial charge in [-0.3, -0.25) is 4.90 Å². The zero-order valence-electron chi connectivity index (χ0n) is 13.9. The summed E-state index contributed by atoms with van der Waals surface area (Å²) >= 11 is 0. The molecule has 1 amide bonds. The van der Waals surface area contributed by atoms with Gasteiger partial charge in [-0.1, -0.05) is 13.0 Å². The van der Waals surface area contributed by atoms with Gasteiger partial charge in [-0.05, 0) is 43.4 Å². The van der Waals surface area contributed by atoms with E-state index < -0.39 is 12.6 Å². The van der Waals surface area contributed by atoms with Crippen LogP contribution in [0.25, 0.3) is 11.0 Å². The molecular formula is C18H20F3NO3. The van der Waals surface area contributed by atoms with Gasteiger partial charge in [0.2, 0.25) is 0 Å². The molecule has 0 spiro atoms. The highest BCUT2D eigenvalue weighted by Crippen LogP contribution is 2.33. The van der Waals surface area contributed by atoms with Crippen molar-refractivity contribution in [2.45, 2.75) is 51.3 Å². The number of hydrogen-bond acceptors (Lipinski definition) is 3. The van der Waals surface area contributed by atoms with Crippen LogP contribution in [-0.2, 0) is 11.2 Å². The summed E-state index contributed by atoms with van der Waals surface area (Å²) in [4.78, 5) is 13.5. The lowest BCUT2D eigenvalue weighted by molar-refractivity contribution is -0.135. The Bertz CT molecular complexity index is 754. The normalized spacial score (nSPS) is 18.2. The predicted octanol–water partition coefficient (Wildman–Crippen LogP) is 5.44. The summed E-state index contributed by atoms with van der Waals surface area (Å²) < 4.78 is 47.3. The van der Waals surface area contributed by atoms with E-state index in [9.17, 15) is 18.0 Å². The molecule has 25 heavy (non-hydrogen) atoms. The van der Waals surface area contributed by atoms with Crippen LogP contribution in [0.5, 0.6) is 0 Å². The van der Waals surface area contributed by atoms with Crippen molar-refractivity contribution < 1.29 is 27.1 Å². The molecule has 4 nitrogen and oxygen atoms in total. The number of nitrogens with zero attached hydrogens (tertiary/aromatic N) is 1. The van der Waals surface area contributed by atoms with Gasteiger partial charge in [0, 0.05) is 11.8 Å². The summed E-state index contributed by atoms with van der Waals surface area (Å²) in [6.45, 7) is 2.45. The largest absolute Gasteiger partial charge is 0.462 e. The highest BCUT2D eigenvalue weighted by Gasteiger charge is 2.33. The first-order chi connectivity index (χ1) is 11.9. The van der Waals surface area contributed by atoms with Gasteiger partial charge in [0.15, 0.2) is 0 Å². The number of ether oxygens (including phenoxy) is 1. The van der Waals surface area contributed by atoms with E-state index in [0.29, 0.717) is 30.7 Å². The van der Waals surface area contributed by atoms with Gasteiger partial charge < -0.3 is 9.15 Å². The molecule has 1 aromatic carbocycles. The number of carbonyl (C=O) groups excluding carboxylic acids is 1. The summed E-state index contributed by atoms with van der Waals surface area (Å²) in [5.41, 5.74) is 2.21. The number of unbranched alkanes of at least 4 members (excludes halogenated alkanes) is 1. The molecule has 0 unspecified atom stereocenters. The molecule has 1 aromatic heterocycles. The van der Waals surface area contributed by atoms with Gasteiger partial charge in [-0.15, -0.1) is 0 Å². The summed E-state index contributed by atoms with van der Waals surface area (Å²) in [6.07, 6.45) is -1.94. The first-order valence-electron chi connectivity index (χ1n) is 8.42. The average molecular weight is 355 g/mol. The molecule has 136 valence electrons. The van der Waals surface area contributed by atoms with Gasteiger partial charge >= 0.3 is 12.3 Å². The molecule has 1 fully saturated rings. The van der Waals surface area contributed by atoms with Crippen LogP contribution in [0.15, 0.2) is 28.9 Å². The number of anilines is 1. The van der Waals surface area contributed by atoms with Gasteiger partial charge in [0.05, 0.1) is 12.2 Å². The number of cyclic esters (lactones) is 1. The number of furan rings is 1. The Morgan fingerprint density at radius 3 is 2.76 bits per heavy atom. The minimum atomic E-state index is -4.10. The Balaban J connectivity index is 1.68. The summed E-state index contributed by atoms with van der Waals surface area (Å²) in [6, 6.07) is 5.54. The van der Waals surface area contributed by atoms with Gasteiger partial charge in [-0.2, -0.15) is 13.2 Å². The van der Waals surface area contributed by atoms with E-state index in [1.54, 1.807) is 4.90 Å². The quantitative estimate of drug-likeness (QED) is 0.648. The number of hydrogen-bond donors (Lipinski definition) is 0. The van der Waals surface area contributed by atoms with E-state index >= 15 is 0 Å². The van der Waals surface area contributed by atoms with Crippen molar-refractivity contribution in [1.29, 1.82) is 0 Å². The van der Waals surface area contributed by atoms with Crippen LogP contribution in [0.4, 0.5) is 23.7 Å². The van der Waals surface area contributed by atoms with Crippen LogP contribution in [0.2, 0.25) is 0 Å². The van der Waals surface area contributed by atoms with Crippen molar-refractivity contribution in [3.8, 4) is 0 Å². The second-order valence-electron chi connectivity index (χ2n) is 6.30. The fourth-order valence-corrected chi connectivity index (χ4v) is 3.01. The van der Waals surface area contributed by atoms with Crippen molar-refractivity contribution in [3.63, 3.8) is 0 Å². The number of aryl methyl sites for hydroxylation is 1. The SMILES string of the molecule is CC[C@@H]1CN(c2coc3cc(CCCCC(F)(F)F)ccc23)C(=O)O1. The Kier molecular flexibility index (Phi) is 4.92. The molecule has 7 heteroatoms. The third-order valence-corrected chi connectivity index (χ3v) is 4.42. The van der Waals surface area contributed by atoms with E-state index in [2.05, 4.69) is 0 Å². The number of alkyl halides is 3. The van der Waals surface area contributed by atoms with E-state index in [4.69, 9.17) is 9.15 Å². The number of amides is 1. The monoisotopic (exact) mass is 355 g/mol. The van der Waals surface area contributed by atoms with Crippen molar-refractivity contribution in [1.82, 2.24) is 0 Å². The van der Waals surface area contributed by atoms with Crippen molar-refractivity contribution in [2.75, 3.05) is 11.4 Å². The van der Waals surface area contributed by atoms with Crippen LogP contribution in [0.3, 0.4) is 0 Å². The fourth-order valence-electron chi connectivity index (χ4n) is 3.01. The predicted molar refractivity (Wildman–Crippen MR) is 87.7 cm³/mol. The standard InChI is InChI=1S/C18H20F3NO3/c1-2-13-10-22(17(23)25-13)15-11-24-16-9-12(6-7-14(15)16)5-3-4-8-18(19,20)21/h6-7,9,11,13H,2-5,8,10H2,1H3/t13-/m1/s1. The van der Waals surface area contributed by atoms with Crippen LogP contribution < -0.4 is 4.90 Å². The molecular weight excluding hydrogens is 335 g/mol. The molecule has 0 saturated carbocycles. The maximum Gasteiger partial charge on any atom is 0.414 e. The number of rotatable bonds is 6. The minimum Gasteiger partial charge on any atom is -0.462 e.